The summed E-state index contributed by atoms with van der Waals surface area (Å²) in [7, 11) is 1.31. The highest BCUT2D eigenvalue weighted by molar-refractivity contribution is 5.92. The fraction of sp³-hybridized carbons (Fsp3) is 0.375. The quantitative estimate of drug-likeness (QED) is 0.668. The fourth-order valence-electron chi connectivity index (χ4n) is 2.14. The van der Waals surface area contributed by atoms with E-state index >= 15 is 0 Å². The second-order valence-electron chi connectivity index (χ2n) is 4.86. The molecule has 1 aromatic carbocycles. The third-order valence-electron chi connectivity index (χ3n) is 3.33. The Hall–Kier alpha value is -2.30. The molecule has 5 nitrogen and oxygen atoms in total. The van der Waals surface area contributed by atoms with Crippen LogP contribution in [0.15, 0.2) is 36.4 Å². The molecule has 0 aliphatic heterocycles. The first-order chi connectivity index (χ1) is 10.2. The predicted octanol–water partition coefficient (Wildman–Crippen LogP) is 2.53. The minimum Gasteiger partial charge on any atom is -0.482 e. The number of anilines is 1. The van der Waals surface area contributed by atoms with Gasteiger partial charge in [-0.3, -0.25) is 4.79 Å². The van der Waals surface area contributed by atoms with E-state index < -0.39 is 5.97 Å². The number of ether oxygens (including phenoxy) is 2. The van der Waals surface area contributed by atoms with Crippen molar-refractivity contribution in [2.24, 2.45) is 5.92 Å². The van der Waals surface area contributed by atoms with Crippen LogP contribution in [0, 0.1) is 5.92 Å². The molecular formula is C16H19NO4. The summed E-state index contributed by atoms with van der Waals surface area (Å²) in [5.41, 5.74) is 0.664. The molecule has 1 atom stereocenters. The molecule has 21 heavy (non-hydrogen) atoms. The normalized spacial score (nSPS) is 17.1. The van der Waals surface area contributed by atoms with Gasteiger partial charge < -0.3 is 14.8 Å². The number of carbonyl (C=O) groups excluding carboxylic acids is 2. The predicted molar refractivity (Wildman–Crippen MR) is 79.1 cm³/mol. The molecule has 0 radical (unpaired) electrons. The van der Waals surface area contributed by atoms with E-state index in [0.29, 0.717) is 11.4 Å². The number of allylic oxidation sites excluding steroid dienone is 2. The van der Waals surface area contributed by atoms with Crippen LogP contribution in [-0.2, 0) is 14.3 Å². The Morgan fingerprint density at radius 1 is 1.33 bits per heavy atom. The molecule has 2 rings (SSSR count). The molecule has 1 aliphatic carbocycles. The molecule has 112 valence electrons. The Kier molecular flexibility index (Phi) is 5.37. The lowest BCUT2D eigenvalue weighted by atomic mass is 9.93. The summed E-state index contributed by atoms with van der Waals surface area (Å²) < 4.78 is 9.80. The van der Waals surface area contributed by atoms with Crippen molar-refractivity contribution in [3.8, 4) is 5.75 Å². The van der Waals surface area contributed by atoms with Crippen molar-refractivity contribution < 1.29 is 19.1 Å². The van der Waals surface area contributed by atoms with Gasteiger partial charge in [0.2, 0.25) is 5.91 Å². The van der Waals surface area contributed by atoms with Gasteiger partial charge in [-0.2, -0.15) is 0 Å². The van der Waals surface area contributed by atoms with E-state index in [2.05, 4.69) is 16.1 Å². The van der Waals surface area contributed by atoms with E-state index in [9.17, 15) is 9.59 Å². The minimum atomic E-state index is -0.446. The number of amides is 1. The zero-order valence-electron chi connectivity index (χ0n) is 12.0. The number of hydrogen-bond donors (Lipinski definition) is 1. The number of rotatable bonds is 5. The number of hydrogen-bond acceptors (Lipinski definition) is 4. The van der Waals surface area contributed by atoms with Crippen LogP contribution in [0.4, 0.5) is 5.69 Å². The van der Waals surface area contributed by atoms with Crippen molar-refractivity contribution in [1.82, 2.24) is 0 Å². The summed E-state index contributed by atoms with van der Waals surface area (Å²) in [5, 5.41) is 2.88. The highest BCUT2D eigenvalue weighted by Crippen LogP contribution is 2.22. The van der Waals surface area contributed by atoms with Crippen LogP contribution < -0.4 is 10.1 Å². The lowest BCUT2D eigenvalue weighted by molar-refractivity contribution is -0.142. The number of esters is 1. The molecule has 1 amide bonds. The van der Waals surface area contributed by atoms with Gasteiger partial charge in [0.25, 0.3) is 0 Å². The molecule has 5 heteroatoms. The van der Waals surface area contributed by atoms with E-state index in [4.69, 9.17) is 4.74 Å². The van der Waals surface area contributed by atoms with Crippen LogP contribution >= 0.6 is 0 Å². The van der Waals surface area contributed by atoms with Gasteiger partial charge in [-0.05, 0) is 31.4 Å². The zero-order valence-corrected chi connectivity index (χ0v) is 12.0. The monoisotopic (exact) mass is 289 g/mol. The molecule has 0 bridgehead atoms. The summed E-state index contributed by atoms with van der Waals surface area (Å²) in [5.74, 6) is 0.110. The Balaban J connectivity index is 1.92. The molecule has 1 aromatic rings. The maximum Gasteiger partial charge on any atom is 0.343 e. The highest BCUT2D eigenvalue weighted by atomic mass is 16.6. The Morgan fingerprint density at radius 3 is 2.90 bits per heavy atom. The van der Waals surface area contributed by atoms with Gasteiger partial charge >= 0.3 is 5.97 Å². The van der Waals surface area contributed by atoms with E-state index in [0.717, 1.165) is 19.3 Å². The summed E-state index contributed by atoms with van der Waals surface area (Å²) >= 11 is 0. The van der Waals surface area contributed by atoms with Crippen molar-refractivity contribution in [2.45, 2.75) is 19.3 Å². The summed E-state index contributed by atoms with van der Waals surface area (Å²) in [6.07, 6.45) is 6.75. The lowest BCUT2D eigenvalue weighted by Crippen LogP contribution is -2.23. The summed E-state index contributed by atoms with van der Waals surface area (Å²) in [6.45, 7) is -0.151. The molecule has 0 spiro atoms. The maximum absolute atomic E-state index is 12.1. The number of benzene rings is 1. The topological polar surface area (TPSA) is 64.6 Å². The molecule has 1 unspecified atom stereocenters. The Labute approximate surface area is 123 Å². The summed E-state index contributed by atoms with van der Waals surface area (Å²) in [4.78, 5) is 23.2. The standard InChI is InChI=1S/C16H19NO4/c1-20-15(18)11-21-14-9-5-8-13(10-14)17-16(19)12-6-3-2-4-7-12/h2-3,5,8-10,12H,4,6-7,11H2,1H3,(H,17,19). The molecule has 0 fully saturated rings. The van der Waals surface area contributed by atoms with Crippen LogP contribution in [-0.4, -0.2) is 25.6 Å². The van der Waals surface area contributed by atoms with Gasteiger partial charge in [-0.15, -0.1) is 0 Å². The van der Waals surface area contributed by atoms with Crippen LogP contribution in [0.2, 0.25) is 0 Å². The average Bonchev–Trinajstić information content (AvgIpc) is 2.53. The van der Waals surface area contributed by atoms with Gasteiger partial charge in [0.15, 0.2) is 6.61 Å². The first kappa shape index (κ1) is 15.1. The van der Waals surface area contributed by atoms with E-state index in [-0.39, 0.29) is 18.4 Å². The van der Waals surface area contributed by atoms with E-state index in [1.807, 2.05) is 6.08 Å². The molecule has 1 N–H and O–H groups in total. The van der Waals surface area contributed by atoms with E-state index in [1.165, 1.54) is 7.11 Å². The fourth-order valence-corrected chi connectivity index (χ4v) is 2.14. The molecule has 1 aliphatic rings. The molecule has 0 heterocycles. The van der Waals surface area contributed by atoms with Gasteiger partial charge in [0.1, 0.15) is 5.75 Å². The van der Waals surface area contributed by atoms with Crippen LogP contribution in [0.1, 0.15) is 19.3 Å². The van der Waals surface area contributed by atoms with Gasteiger partial charge in [-0.25, -0.2) is 4.79 Å². The SMILES string of the molecule is COC(=O)COc1cccc(NC(=O)C2CC=CCC2)c1. The van der Waals surface area contributed by atoms with Gasteiger partial charge in [0.05, 0.1) is 7.11 Å². The first-order valence-electron chi connectivity index (χ1n) is 6.94. The van der Waals surface area contributed by atoms with Crippen LogP contribution in [0.25, 0.3) is 0 Å². The van der Waals surface area contributed by atoms with Gasteiger partial charge in [0, 0.05) is 17.7 Å². The van der Waals surface area contributed by atoms with Crippen molar-refractivity contribution in [2.75, 3.05) is 19.0 Å². The molecular weight excluding hydrogens is 270 g/mol. The second kappa shape index (κ2) is 7.47. The second-order valence-corrected chi connectivity index (χ2v) is 4.86. The van der Waals surface area contributed by atoms with Crippen molar-refractivity contribution in [3.05, 3.63) is 36.4 Å². The van der Waals surface area contributed by atoms with Crippen molar-refractivity contribution in [1.29, 1.82) is 0 Å². The Morgan fingerprint density at radius 2 is 2.19 bits per heavy atom. The number of methoxy groups -OCH3 is 1. The number of nitrogens with one attached hydrogen (secondary N) is 1. The van der Waals surface area contributed by atoms with Crippen LogP contribution in [0.5, 0.6) is 5.75 Å². The maximum atomic E-state index is 12.1. The third kappa shape index (κ3) is 4.63. The molecule has 0 saturated heterocycles. The van der Waals surface area contributed by atoms with Crippen LogP contribution in [0.3, 0.4) is 0 Å². The largest absolute Gasteiger partial charge is 0.482 e. The smallest absolute Gasteiger partial charge is 0.343 e. The zero-order chi connectivity index (χ0) is 15.1. The third-order valence-corrected chi connectivity index (χ3v) is 3.33. The minimum absolute atomic E-state index is 0.0180. The van der Waals surface area contributed by atoms with Gasteiger partial charge in [-0.1, -0.05) is 18.2 Å². The molecule has 0 aromatic heterocycles. The average molecular weight is 289 g/mol. The van der Waals surface area contributed by atoms with Crippen molar-refractivity contribution in [3.63, 3.8) is 0 Å². The first-order valence-corrected chi connectivity index (χ1v) is 6.94. The van der Waals surface area contributed by atoms with Crippen molar-refractivity contribution >= 4 is 17.6 Å². The highest BCUT2D eigenvalue weighted by Gasteiger charge is 2.18. The van der Waals surface area contributed by atoms with E-state index in [1.54, 1.807) is 24.3 Å². The Bertz CT molecular complexity index is 539. The summed E-state index contributed by atoms with van der Waals surface area (Å²) in [6, 6.07) is 6.98. The molecule has 0 saturated carbocycles. The lowest BCUT2D eigenvalue weighted by Gasteiger charge is -2.17. The number of carbonyl (C=O) groups is 2.